The average molecular weight is 248 g/mol. The van der Waals surface area contributed by atoms with Gasteiger partial charge in [-0.15, -0.1) is 0 Å². The third kappa shape index (κ3) is 1.22. The van der Waals surface area contributed by atoms with Crippen molar-refractivity contribution in [2.75, 3.05) is 33.0 Å². The second kappa shape index (κ2) is 3.62. The molecule has 0 amide bonds. The van der Waals surface area contributed by atoms with Gasteiger partial charge in [0.25, 0.3) is 0 Å². The van der Waals surface area contributed by atoms with Crippen LogP contribution in [0.2, 0.25) is 0 Å². The molecule has 0 saturated carbocycles. The zero-order chi connectivity index (χ0) is 12.2. The molecule has 3 aliphatic heterocycles. The van der Waals surface area contributed by atoms with E-state index in [1.807, 2.05) is 0 Å². The van der Waals surface area contributed by atoms with Gasteiger partial charge in [-0.25, -0.2) is 0 Å². The highest BCUT2D eigenvalue weighted by atomic mass is 16.5. The van der Waals surface area contributed by atoms with Gasteiger partial charge >= 0.3 is 0 Å². The molecule has 0 unspecified atom stereocenters. The van der Waals surface area contributed by atoms with Gasteiger partial charge in [-0.3, -0.25) is 0 Å². The molecular formula is C14H16O4. The molecular weight excluding hydrogens is 232 g/mol. The normalized spacial score (nSPS) is 22.7. The van der Waals surface area contributed by atoms with Gasteiger partial charge in [0.05, 0.1) is 38.4 Å². The monoisotopic (exact) mass is 248 g/mol. The molecule has 1 aromatic carbocycles. The molecule has 0 spiro atoms. The number of ether oxygens (including phenoxy) is 3. The second-order valence-electron chi connectivity index (χ2n) is 5.34. The fraction of sp³-hybridized carbons (Fsp3) is 0.571. The minimum atomic E-state index is -0.270. The molecule has 0 atom stereocenters. The van der Waals surface area contributed by atoms with E-state index in [0.717, 1.165) is 43.1 Å². The Hall–Kier alpha value is -1.26. The van der Waals surface area contributed by atoms with Crippen molar-refractivity contribution in [1.29, 1.82) is 0 Å². The van der Waals surface area contributed by atoms with Crippen LogP contribution in [0.15, 0.2) is 6.07 Å². The first kappa shape index (κ1) is 10.6. The molecule has 4 rings (SSSR count). The van der Waals surface area contributed by atoms with Crippen molar-refractivity contribution in [1.82, 2.24) is 0 Å². The molecule has 18 heavy (non-hydrogen) atoms. The summed E-state index contributed by atoms with van der Waals surface area (Å²) in [6.45, 7) is 2.73. The Morgan fingerprint density at radius 1 is 1.17 bits per heavy atom. The van der Waals surface area contributed by atoms with Gasteiger partial charge in [-0.2, -0.15) is 0 Å². The Balaban J connectivity index is 1.95. The predicted octanol–water partition coefficient (Wildman–Crippen LogP) is 0.817. The third-order valence-corrected chi connectivity index (χ3v) is 4.24. The summed E-state index contributed by atoms with van der Waals surface area (Å²) in [6.07, 6.45) is 1.84. The zero-order valence-corrected chi connectivity index (χ0v) is 10.2. The second-order valence-corrected chi connectivity index (χ2v) is 5.34. The molecule has 1 aromatic rings. The predicted molar refractivity (Wildman–Crippen MR) is 64.4 cm³/mol. The standard InChI is InChI=1S/C14H16O4/c15-6-14(7-16-8-14)12-10-2-4-17-11(10)5-9-1-3-18-13(9)12/h5,15H,1-4,6-8H2. The first-order valence-corrected chi connectivity index (χ1v) is 6.47. The van der Waals surface area contributed by atoms with Gasteiger partial charge in [-0.1, -0.05) is 0 Å². The summed E-state index contributed by atoms with van der Waals surface area (Å²) < 4.78 is 16.9. The summed E-state index contributed by atoms with van der Waals surface area (Å²) in [7, 11) is 0. The molecule has 0 bridgehead atoms. The molecule has 0 aromatic heterocycles. The first-order chi connectivity index (χ1) is 8.84. The topological polar surface area (TPSA) is 47.9 Å². The Bertz CT molecular complexity index is 467. The van der Waals surface area contributed by atoms with Crippen LogP contribution in [0.1, 0.15) is 16.7 Å². The fourth-order valence-corrected chi connectivity index (χ4v) is 3.21. The van der Waals surface area contributed by atoms with Crippen molar-refractivity contribution in [2.24, 2.45) is 0 Å². The van der Waals surface area contributed by atoms with Crippen molar-refractivity contribution in [3.05, 3.63) is 22.8 Å². The van der Waals surface area contributed by atoms with Crippen LogP contribution in [0.25, 0.3) is 0 Å². The van der Waals surface area contributed by atoms with Crippen LogP contribution in [-0.4, -0.2) is 38.1 Å². The van der Waals surface area contributed by atoms with Gasteiger partial charge in [0.2, 0.25) is 0 Å². The number of aliphatic hydroxyl groups excluding tert-OH is 1. The van der Waals surface area contributed by atoms with Gasteiger partial charge in [0.1, 0.15) is 11.5 Å². The van der Waals surface area contributed by atoms with Crippen molar-refractivity contribution in [3.63, 3.8) is 0 Å². The van der Waals surface area contributed by atoms with E-state index < -0.39 is 0 Å². The van der Waals surface area contributed by atoms with E-state index in [9.17, 15) is 5.11 Å². The number of aliphatic hydroxyl groups is 1. The van der Waals surface area contributed by atoms with E-state index in [1.165, 1.54) is 11.1 Å². The van der Waals surface area contributed by atoms with E-state index in [4.69, 9.17) is 14.2 Å². The lowest BCUT2D eigenvalue weighted by atomic mass is 9.75. The Morgan fingerprint density at radius 3 is 2.72 bits per heavy atom. The molecule has 1 N–H and O–H groups in total. The summed E-state index contributed by atoms with van der Waals surface area (Å²) in [4.78, 5) is 0. The lowest BCUT2D eigenvalue weighted by molar-refractivity contribution is -0.0853. The molecule has 96 valence electrons. The van der Waals surface area contributed by atoms with E-state index in [0.29, 0.717) is 13.2 Å². The Labute approximate surface area is 105 Å². The fourth-order valence-electron chi connectivity index (χ4n) is 3.21. The van der Waals surface area contributed by atoms with Crippen molar-refractivity contribution in [3.8, 4) is 11.5 Å². The van der Waals surface area contributed by atoms with Gasteiger partial charge in [0, 0.05) is 29.5 Å². The molecule has 1 saturated heterocycles. The molecule has 3 aliphatic rings. The average Bonchev–Trinajstić information content (AvgIpc) is 2.94. The highest BCUT2D eigenvalue weighted by Crippen LogP contribution is 2.48. The van der Waals surface area contributed by atoms with Crippen molar-refractivity contribution >= 4 is 0 Å². The molecule has 0 radical (unpaired) electrons. The molecule has 4 heteroatoms. The van der Waals surface area contributed by atoms with E-state index in [1.54, 1.807) is 0 Å². The van der Waals surface area contributed by atoms with E-state index in [-0.39, 0.29) is 12.0 Å². The number of hydrogen-bond donors (Lipinski definition) is 1. The van der Waals surface area contributed by atoms with Crippen LogP contribution >= 0.6 is 0 Å². The molecule has 3 heterocycles. The maximum absolute atomic E-state index is 9.78. The van der Waals surface area contributed by atoms with Crippen molar-refractivity contribution < 1.29 is 19.3 Å². The van der Waals surface area contributed by atoms with Crippen LogP contribution in [-0.2, 0) is 23.0 Å². The smallest absolute Gasteiger partial charge is 0.127 e. The number of fused-ring (bicyclic) bond motifs is 2. The van der Waals surface area contributed by atoms with Crippen LogP contribution < -0.4 is 9.47 Å². The van der Waals surface area contributed by atoms with E-state index in [2.05, 4.69) is 6.07 Å². The minimum Gasteiger partial charge on any atom is -0.493 e. The largest absolute Gasteiger partial charge is 0.493 e. The van der Waals surface area contributed by atoms with Crippen LogP contribution in [0.4, 0.5) is 0 Å². The van der Waals surface area contributed by atoms with E-state index >= 15 is 0 Å². The SMILES string of the molecule is OCC1(c2c3c(cc4c2OCC4)OCC3)COC1. The van der Waals surface area contributed by atoms with Crippen LogP contribution in [0, 0.1) is 0 Å². The summed E-state index contributed by atoms with van der Waals surface area (Å²) >= 11 is 0. The molecule has 0 aliphatic carbocycles. The summed E-state index contributed by atoms with van der Waals surface area (Å²) in [5.74, 6) is 1.96. The molecule has 4 nitrogen and oxygen atoms in total. The summed E-state index contributed by atoms with van der Waals surface area (Å²) in [6, 6.07) is 2.11. The molecule has 1 fully saturated rings. The maximum Gasteiger partial charge on any atom is 0.127 e. The van der Waals surface area contributed by atoms with Gasteiger partial charge < -0.3 is 19.3 Å². The lowest BCUT2D eigenvalue weighted by Gasteiger charge is -2.41. The Kier molecular flexibility index (Phi) is 2.14. The van der Waals surface area contributed by atoms with Gasteiger partial charge in [0.15, 0.2) is 0 Å². The highest BCUT2D eigenvalue weighted by Gasteiger charge is 2.46. The van der Waals surface area contributed by atoms with Gasteiger partial charge in [-0.05, 0) is 6.07 Å². The highest BCUT2D eigenvalue weighted by molar-refractivity contribution is 5.60. The quantitative estimate of drug-likeness (QED) is 0.841. The number of rotatable bonds is 2. The summed E-state index contributed by atoms with van der Waals surface area (Å²) in [5.41, 5.74) is 3.31. The third-order valence-electron chi connectivity index (χ3n) is 4.24. The Morgan fingerprint density at radius 2 is 2.00 bits per heavy atom. The van der Waals surface area contributed by atoms with Crippen molar-refractivity contribution in [2.45, 2.75) is 18.3 Å². The van der Waals surface area contributed by atoms with Crippen LogP contribution in [0.3, 0.4) is 0 Å². The number of hydrogen-bond acceptors (Lipinski definition) is 4. The lowest BCUT2D eigenvalue weighted by Crippen LogP contribution is -2.50. The maximum atomic E-state index is 9.78. The van der Waals surface area contributed by atoms with Crippen LogP contribution in [0.5, 0.6) is 11.5 Å². The zero-order valence-electron chi connectivity index (χ0n) is 10.2. The summed E-state index contributed by atoms with van der Waals surface area (Å²) in [5, 5.41) is 9.78. The minimum absolute atomic E-state index is 0.110. The number of benzene rings is 1. The first-order valence-electron chi connectivity index (χ1n) is 6.47.